The van der Waals surface area contributed by atoms with E-state index in [2.05, 4.69) is 20.6 Å². The predicted molar refractivity (Wildman–Crippen MR) is 92.6 cm³/mol. The molecule has 0 fully saturated rings. The summed E-state index contributed by atoms with van der Waals surface area (Å²) in [7, 11) is 1.55. The van der Waals surface area contributed by atoms with E-state index >= 15 is 0 Å². The molecule has 3 rings (SSSR count). The predicted octanol–water partition coefficient (Wildman–Crippen LogP) is 3.90. The summed E-state index contributed by atoms with van der Waals surface area (Å²) in [4.78, 5) is 20.2. The van der Waals surface area contributed by atoms with Crippen molar-refractivity contribution in [1.29, 1.82) is 0 Å². The Labute approximate surface area is 152 Å². The molecule has 0 saturated heterocycles. The van der Waals surface area contributed by atoms with Crippen molar-refractivity contribution < 1.29 is 22.7 Å². The summed E-state index contributed by atoms with van der Waals surface area (Å²) in [6.07, 6.45) is 1.33. The quantitative estimate of drug-likeness (QED) is 0.663. The number of halogens is 3. The molecular formula is C18H13F3N4O2. The van der Waals surface area contributed by atoms with Crippen molar-refractivity contribution in [2.75, 3.05) is 17.7 Å². The second-order valence-corrected chi connectivity index (χ2v) is 5.30. The number of carbonyl (C=O) groups is 1. The molecule has 0 aliphatic heterocycles. The number of ether oxygens (including phenoxy) is 1. The molecule has 0 radical (unpaired) electrons. The number of anilines is 3. The highest BCUT2D eigenvalue weighted by Gasteiger charge is 2.17. The fraction of sp³-hybridized carbons (Fsp3) is 0.0556. The van der Waals surface area contributed by atoms with Gasteiger partial charge in [-0.1, -0.05) is 0 Å². The van der Waals surface area contributed by atoms with E-state index < -0.39 is 29.0 Å². The van der Waals surface area contributed by atoms with E-state index in [-0.39, 0.29) is 11.6 Å². The maximum atomic E-state index is 13.7. The number of nitrogens with one attached hydrogen (secondary N) is 2. The average molecular weight is 374 g/mol. The molecule has 138 valence electrons. The molecule has 0 spiro atoms. The highest BCUT2D eigenvalue weighted by molar-refractivity contribution is 6.03. The van der Waals surface area contributed by atoms with E-state index in [1.807, 2.05) is 0 Å². The lowest BCUT2D eigenvalue weighted by molar-refractivity contribution is 0.102. The molecule has 0 bridgehead atoms. The monoisotopic (exact) mass is 374 g/mol. The Bertz CT molecular complexity index is 981. The number of aromatic nitrogens is 2. The number of rotatable bonds is 5. The normalized spacial score (nSPS) is 10.4. The fourth-order valence-corrected chi connectivity index (χ4v) is 2.16. The van der Waals surface area contributed by atoms with Crippen molar-refractivity contribution in [3.05, 3.63) is 71.8 Å². The van der Waals surface area contributed by atoms with Crippen LogP contribution in [0.1, 0.15) is 10.5 Å². The molecule has 1 heterocycles. The van der Waals surface area contributed by atoms with E-state index in [4.69, 9.17) is 4.74 Å². The van der Waals surface area contributed by atoms with Crippen molar-refractivity contribution in [3.8, 4) is 5.75 Å². The Balaban J connectivity index is 1.76. The maximum Gasteiger partial charge on any atom is 0.274 e. The minimum Gasteiger partial charge on any atom is -0.497 e. The second-order valence-electron chi connectivity index (χ2n) is 5.30. The van der Waals surface area contributed by atoms with Gasteiger partial charge in [-0.2, -0.15) is 0 Å². The Kier molecular flexibility index (Phi) is 5.20. The minimum absolute atomic E-state index is 0.0925. The maximum absolute atomic E-state index is 13.7. The first kappa shape index (κ1) is 18.2. The number of hydrogen-bond donors (Lipinski definition) is 2. The van der Waals surface area contributed by atoms with E-state index in [1.165, 1.54) is 12.3 Å². The van der Waals surface area contributed by atoms with Gasteiger partial charge >= 0.3 is 0 Å². The molecule has 0 unspecified atom stereocenters. The Morgan fingerprint density at radius 1 is 1.00 bits per heavy atom. The lowest BCUT2D eigenvalue weighted by Gasteiger charge is -2.09. The number of nitrogens with zero attached hydrogens (tertiary/aromatic N) is 2. The highest BCUT2D eigenvalue weighted by Crippen LogP contribution is 2.21. The van der Waals surface area contributed by atoms with Gasteiger partial charge in [0, 0.05) is 11.9 Å². The summed E-state index contributed by atoms with van der Waals surface area (Å²) in [6.45, 7) is 0. The van der Waals surface area contributed by atoms with E-state index in [1.54, 1.807) is 31.4 Å². The van der Waals surface area contributed by atoms with Gasteiger partial charge in [-0.05, 0) is 42.5 Å². The lowest BCUT2D eigenvalue weighted by atomic mass is 10.2. The Morgan fingerprint density at radius 3 is 2.44 bits per heavy atom. The van der Waals surface area contributed by atoms with Crippen LogP contribution in [-0.2, 0) is 0 Å². The summed E-state index contributed by atoms with van der Waals surface area (Å²) in [6, 6.07) is 9.84. The van der Waals surface area contributed by atoms with Gasteiger partial charge < -0.3 is 15.4 Å². The van der Waals surface area contributed by atoms with E-state index in [0.717, 1.165) is 6.07 Å². The highest BCUT2D eigenvalue weighted by atomic mass is 19.2. The zero-order chi connectivity index (χ0) is 19.4. The standard InChI is InChI=1S/C18H13F3N4O2/c1-27-11-4-2-10(3-5-11)23-18-22-9-8-14(25-18)17(26)24-13-7-6-12(19)15(20)16(13)21/h2-9H,1H3,(H,24,26)(H,22,23,25). The largest absolute Gasteiger partial charge is 0.497 e. The van der Waals surface area contributed by atoms with Gasteiger partial charge in [0.15, 0.2) is 17.5 Å². The first-order chi connectivity index (χ1) is 13.0. The molecule has 2 aromatic carbocycles. The van der Waals surface area contributed by atoms with Crippen LogP contribution in [0.5, 0.6) is 5.75 Å². The van der Waals surface area contributed by atoms with Crippen LogP contribution in [0, 0.1) is 17.5 Å². The van der Waals surface area contributed by atoms with Crippen LogP contribution in [0.25, 0.3) is 0 Å². The van der Waals surface area contributed by atoms with Crippen LogP contribution in [-0.4, -0.2) is 23.0 Å². The van der Waals surface area contributed by atoms with E-state index in [9.17, 15) is 18.0 Å². The molecule has 3 aromatic rings. The number of amides is 1. The van der Waals surface area contributed by atoms with Crippen LogP contribution in [0.2, 0.25) is 0 Å². The molecule has 0 saturated carbocycles. The molecule has 1 aromatic heterocycles. The van der Waals surface area contributed by atoms with Crippen LogP contribution in [0.4, 0.5) is 30.5 Å². The second kappa shape index (κ2) is 7.73. The minimum atomic E-state index is -1.67. The van der Waals surface area contributed by atoms with Crippen LogP contribution in [0.15, 0.2) is 48.7 Å². The third-order valence-corrected chi connectivity index (χ3v) is 3.52. The van der Waals surface area contributed by atoms with Crippen molar-refractivity contribution in [2.24, 2.45) is 0 Å². The Hall–Kier alpha value is -3.62. The van der Waals surface area contributed by atoms with Crippen molar-refractivity contribution in [2.45, 2.75) is 0 Å². The molecule has 0 aliphatic rings. The molecule has 6 nitrogen and oxygen atoms in total. The summed E-state index contributed by atoms with van der Waals surface area (Å²) in [5, 5.41) is 5.05. The van der Waals surface area contributed by atoms with Gasteiger partial charge in [0.1, 0.15) is 11.4 Å². The summed E-state index contributed by atoms with van der Waals surface area (Å²) in [5.41, 5.74) is 0.0623. The SMILES string of the molecule is COc1ccc(Nc2nccc(C(=O)Nc3ccc(F)c(F)c3F)n2)cc1. The molecule has 0 atom stereocenters. The average Bonchev–Trinajstić information content (AvgIpc) is 2.69. The number of hydrogen-bond acceptors (Lipinski definition) is 5. The van der Waals surface area contributed by atoms with Gasteiger partial charge in [-0.15, -0.1) is 0 Å². The van der Waals surface area contributed by atoms with Crippen molar-refractivity contribution in [3.63, 3.8) is 0 Å². The number of carbonyl (C=O) groups excluding carboxylic acids is 1. The smallest absolute Gasteiger partial charge is 0.274 e. The topological polar surface area (TPSA) is 76.1 Å². The number of benzene rings is 2. The third kappa shape index (κ3) is 4.14. The first-order valence-electron chi connectivity index (χ1n) is 7.67. The molecule has 0 aliphatic carbocycles. The van der Waals surface area contributed by atoms with Crippen LogP contribution >= 0.6 is 0 Å². The lowest BCUT2D eigenvalue weighted by Crippen LogP contribution is -2.16. The first-order valence-corrected chi connectivity index (χ1v) is 7.67. The Morgan fingerprint density at radius 2 is 1.74 bits per heavy atom. The van der Waals surface area contributed by atoms with Crippen LogP contribution < -0.4 is 15.4 Å². The van der Waals surface area contributed by atoms with Crippen molar-refractivity contribution in [1.82, 2.24) is 9.97 Å². The molecule has 2 N–H and O–H groups in total. The van der Waals surface area contributed by atoms with Crippen LogP contribution in [0.3, 0.4) is 0 Å². The molecular weight excluding hydrogens is 361 g/mol. The van der Waals surface area contributed by atoms with Gasteiger partial charge in [0.2, 0.25) is 5.95 Å². The van der Waals surface area contributed by atoms with Gasteiger partial charge in [0.25, 0.3) is 5.91 Å². The van der Waals surface area contributed by atoms with Gasteiger partial charge in [-0.3, -0.25) is 4.79 Å². The summed E-state index contributed by atoms with van der Waals surface area (Å²) >= 11 is 0. The third-order valence-electron chi connectivity index (χ3n) is 3.52. The molecule has 9 heteroatoms. The number of methoxy groups -OCH3 is 1. The van der Waals surface area contributed by atoms with Gasteiger partial charge in [-0.25, -0.2) is 23.1 Å². The summed E-state index contributed by atoms with van der Waals surface area (Å²) < 4.78 is 45.0. The summed E-state index contributed by atoms with van der Waals surface area (Å²) in [5.74, 6) is -4.52. The van der Waals surface area contributed by atoms with Crippen molar-refractivity contribution >= 4 is 23.2 Å². The zero-order valence-electron chi connectivity index (χ0n) is 14.0. The zero-order valence-corrected chi connectivity index (χ0v) is 14.0. The van der Waals surface area contributed by atoms with Gasteiger partial charge in [0.05, 0.1) is 12.8 Å². The van der Waals surface area contributed by atoms with E-state index in [0.29, 0.717) is 17.5 Å². The molecule has 27 heavy (non-hydrogen) atoms. The molecule has 1 amide bonds. The fourth-order valence-electron chi connectivity index (χ4n) is 2.16.